The van der Waals surface area contributed by atoms with Gasteiger partial charge in [0.05, 0.1) is 0 Å². The second-order valence-electron chi connectivity index (χ2n) is 10.4. The van der Waals surface area contributed by atoms with Crippen LogP contribution in [0.4, 0.5) is 11.6 Å². The number of carbonyl (C=O) groups excluding carboxylic acids is 4. The fourth-order valence-electron chi connectivity index (χ4n) is 6.66. The van der Waals surface area contributed by atoms with Crippen molar-refractivity contribution in [2.24, 2.45) is 0 Å². The largest absolute Gasteiger partial charge is 0.268 e. The Morgan fingerprint density at radius 3 is 1.00 bits per heavy atom. The van der Waals surface area contributed by atoms with Gasteiger partial charge in [0.1, 0.15) is 11.6 Å². The molecule has 0 atom stereocenters. The van der Waals surface area contributed by atoms with E-state index in [4.69, 9.17) is 0 Å². The third-order valence-electron chi connectivity index (χ3n) is 8.39. The first kappa shape index (κ1) is 22.8. The summed E-state index contributed by atoms with van der Waals surface area (Å²) < 4.78 is 0. The molecule has 9 rings (SSSR count). The second kappa shape index (κ2) is 7.80. The molecule has 42 heavy (non-hydrogen) atoms. The second-order valence-corrected chi connectivity index (χ2v) is 10.4. The molecule has 196 valence electrons. The normalized spacial score (nSPS) is 14.8. The van der Waals surface area contributed by atoms with E-state index in [-0.39, 0.29) is 11.6 Å². The molecule has 7 aromatic rings. The summed E-state index contributed by atoms with van der Waals surface area (Å²) in [5.74, 6) is -1.20. The number of hydrogen-bond acceptors (Lipinski definition) is 6. The molecule has 0 N–H and O–H groups in total. The number of benzene rings is 5. The van der Waals surface area contributed by atoms with E-state index in [0.717, 1.165) is 42.1 Å². The van der Waals surface area contributed by atoms with E-state index in [9.17, 15) is 19.2 Å². The van der Waals surface area contributed by atoms with E-state index < -0.39 is 23.6 Å². The number of pyridine rings is 2. The van der Waals surface area contributed by atoms with Crippen molar-refractivity contribution in [2.75, 3.05) is 9.80 Å². The van der Waals surface area contributed by atoms with Crippen LogP contribution < -0.4 is 9.80 Å². The number of hydrogen-bond donors (Lipinski definition) is 0. The molecule has 0 saturated heterocycles. The van der Waals surface area contributed by atoms with Crippen LogP contribution in [-0.4, -0.2) is 33.6 Å². The lowest BCUT2D eigenvalue weighted by Crippen LogP contribution is -2.41. The smallest absolute Gasteiger partial charge is 0.267 e. The highest BCUT2D eigenvalue weighted by molar-refractivity contribution is 6.45. The lowest BCUT2D eigenvalue weighted by molar-refractivity contribution is 0.0876. The van der Waals surface area contributed by atoms with E-state index in [2.05, 4.69) is 9.97 Å². The number of anilines is 2. The van der Waals surface area contributed by atoms with E-state index >= 15 is 0 Å². The van der Waals surface area contributed by atoms with Gasteiger partial charge < -0.3 is 0 Å². The topological polar surface area (TPSA) is 101 Å². The van der Waals surface area contributed by atoms with Crippen molar-refractivity contribution in [1.29, 1.82) is 0 Å². The molecule has 0 fully saturated rings. The molecule has 0 radical (unpaired) electrons. The number of fused-ring (bicyclic) bond motifs is 2. The molecular weight excluding hydrogens is 528 g/mol. The molecule has 0 spiro atoms. The average Bonchev–Trinajstić information content (AvgIpc) is 3.03. The number of carbonyl (C=O) groups is 4. The molecule has 0 saturated carbocycles. The number of nitrogens with zero attached hydrogens (tertiary/aromatic N) is 4. The van der Waals surface area contributed by atoms with Gasteiger partial charge in [-0.25, -0.2) is 19.8 Å². The van der Waals surface area contributed by atoms with Crippen molar-refractivity contribution < 1.29 is 19.2 Å². The van der Waals surface area contributed by atoms with Crippen LogP contribution in [0.1, 0.15) is 41.4 Å². The molecule has 4 amide bonds. The first-order valence-electron chi connectivity index (χ1n) is 13.3. The summed E-state index contributed by atoms with van der Waals surface area (Å²) in [7, 11) is 0. The zero-order valence-corrected chi connectivity index (χ0v) is 21.7. The molecule has 5 aromatic carbocycles. The van der Waals surface area contributed by atoms with Crippen LogP contribution in [-0.2, 0) is 0 Å². The maximum Gasteiger partial charge on any atom is 0.267 e. The molecule has 0 aliphatic carbocycles. The fraction of sp³-hybridized carbons (Fsp3) is 0. The van der Waals surface area contributed by atoms with Gasteiger partial charge in [-0.2, -0.15) is 0 Å². The molecule has 2 aromatic heterocycles. The maximum atomic E-state index is 13.7. The van der Waals surface area contributed by atoms with Crippen LogP contribution in [0.25, 0.3) is 43.1 Å². The lowest BCUT2D eigenvalue weighted by Gasteiger charge is -2.29. The summed E-state index contributed by atoms with van der Waals surface area (Å²) >= 11 is 0. The van der Waals surface area contributed by atoms with Gasteiger partial charge in [0, 0.05) is 45.4 Å². The third-order valence-corrected chi connectivity index (χ3v) is 8.39. The van der Waals surface area contributed by atoms with Crippen LogP contribution >= 0.6 is 0 Å². The zero-order chi connectivity index (χ0) is 28.3. The molecule has 2 aliphatic rings. The Morgan fingerprint density at radius 1 is 0.381 bits per heavy atom. The average molecular weight is 545 g/mol. The minimum absolute atomic E-state index is 0.269. The van der Waals surface area contributed by atoms with Crippen molar-refractivity contribution in [3.8, 4) is 0 Å². The number of rotatable bonds is 2. The number of imide groups is 2. The van der Waals surface area contributed by atoms with Crippen molar-refractivity contribution in [1.82, 2.24) is 9.97 Å². The van der Waals surface area contributed by atoms with E-state index in [0.29, 0.717) is 33.0 Å². The summed E-state index contributed by atoms with van der Waals surface area (Å²) in [6.45, 7) is 0. The number of aromatic nitrogens is 2. The first-order valence-corrected chi connectivity index (χ1v) is 13.3. The highest BCUT2D eigenvalue weighted by atomic mass is 16.2. The summed E-state index contributed by atoms with van der Waals surface area (Å²) in [5, 5.41) is 6.13. The molecule has 0 bridgehead atoms. The van der Waals surface area contributed by atoms with E-state index in [1.807, 2.05) is 24.3 Å². The van der Waals surface area contributed by atoms with Gasteiger partial charge >= 0.3 is 0 Å². The van der Waals surface area contributed by atoms with Crippen LogP contribution in [0.5, 0.6) is 0 Å². The van der Waals surface area contributed by atoms with Crippen LogP contribution in [0.15, 0.2) is 97.3 Å². The summed E-state index contributed by atoms with van der Waals surface area (Å²) in [5.41, 5.74) is 1.67. The Balaban J connectivity index is 1.35. The Hall–Kier alpha value is -6.02. The molecule has 8 nitrogen and oxygen atoms in total. The van der Waals surface area contributed by atoms with Crippen molar-refractivity contribution in [2.45, 2.75) is 0 Å². The molecular formula is C34H16N4O4. The van der Waals surface area contributed by atoms with Crippen LogP contribution in [0.2, 0.25) is 0 Å². The van der Waals surface area contributed by atoms with E-state index in [1.165, 1.54) is 0 Å². The minimum Gasteiger partial charge on any atom is -0.268 e. The SMILES string of the molecule is O=C1c2ccc3c4ccc5c6c(ccc(c7ccc(c2c37)C(=O)N1c1ccccn1)c64)C(=O)N(c1ccccn1)C5=O. The van der Waals surface area contributed by atoms with E-state index in [1.54, 1.807) is 73.1 Å². The zero-order valence-electron chi connectivity index (χ0n) is 21.7. The third kappa shape index (κ3) is 2.66. The molecule has 4 heterocycles. The summed E-state index contributed by atoms with van der Waals surface area (Å²) in [6, 6.07) is 24.7. The Kier molecular flexibility index (Phi) is 4.22. The Morgan fingerprint density at radius 2 is 0.714 bits per heavy atom. The van der Waals surface area contributed by atoms with Crippen molar-refractivity contribution >= 4 is 78.4 Å². The predicted molar refractivity (Wildman–Crippen MR) is 158 cm³/mol. The van der Waals surface area contributed by atoms with Gasteiger partial charge in [-0.15, -0.1) is 0 Å². The Labute approximate surface area is 236 Å². The highest BCUT2D eigenvalue weighted by Crippen LogP contribution is 2.46. The monoisotopic (exact) mass is 544 g/mol. The van der Waals surface area contributed by atoms with Gasteiger partial charge in [0.15, 0.2) is 0 Å². The molecule has 0 unspecified atom stereocenters. The van der Waals surface area contributed by atoms with Gasteiger partial charge in [-0.05, 0) is 80.8 Å². The van der Waals surface area contributed by atoms with Crippen LogP contribution in [0.3, 0.4) is 0 Å². The van der Waals surface area contributed by atoms with Crippen molar-refractivity contribution in [3.05, 3.63) is 120 Å². The minimum atomic E-state index is -0.434. The lowest BCUT2D eigenvalue weighted by atomic mass is 9.82. The van der Waals surface area contributed by atoms with Gasteiger partial charge in [0.25, 0.3) is 23.6 Å². The Bertz CT molecular complexity index is 2100. The summed E-state index contributed by atoms with van der Waals surface area (Å²) in [6.07, 6.45) is 3.09. The molecule has 8 heteroatoms. The van der Waals surface area contributed by atoms with Crippen molar-refractivity contribution in [3.63, 3.8) is 0 Å². The number of amides is 4. The van der Waals surface area contributed by atoms with Gasteiger partial charge in [0.2, 0.25) is 0 Å². The van der Waals surface area contributed by atoms with Crippen LogP contribution in [0, 0.1) is 0 Å². The quantitative estimate of drug-likeness (QED) is 0.148. The van der Waals surface area contributed by atoms with Gasteiger partial charge in [-0.3, -0.25) is 19.2 Å². The van der Waals surface area contributed by atoms with Gasteiger partial charge in [-0.1, -0.05) is 36.4 Å². The maximum absolute atomic E-state index is 13.7. The predicted octanol–water partition coefficient (Wildman–Crippen LogP) is 6.13. The summed E-state index contributed by atoms with van der Waals surface area (Å²) in [4.78, 5) is 65.6. The first-order chi connectivity index (χ1) is 20.5. The fourth-order valence-corrected chi connectivity index (χ4v) is 6.66. The molecule has 2 aliphatic heterocycles. The standard InChI is InChI=1S/C34H16N4O4/c39-31-21-11-7-17-19-9-13-23-30-24(34(42)38(33(23)41)26-6-2-4-16-36-26)14-10-20(28(19)30)18-8-12-22(29(21)27(17)18)32(40)37(31)25-5-1-3-15-35-25/h1-16H. The highest BCUT2D eigenvalue weighted by Gasteiger charge is 2.38.